The Hall–Kier alpha value is -1.77. The molecule has 1 amide bonds. The Morgan fingerprint density at radius 3 is 3.00 bits per heavy atom. The summed E-state index contributed by atoms with van der Waals surface area (Å²) in [5, 5.41) is 3.09. The van der Waals surface area contributed by atoms with Crippen LogP contribution in [0.2, 0.25) is 0 Å². The number of carbonyl (C=O) groups is 1. The molecule has 0 spiro atoms. The molecule has 0 saturated heterocycles. The number of amides is 1. The van der Waals surface area contributed by atoms with Crippen LogP contribution in [0.1, 0.15) is 51.0 Å². The average molecular weight is 312 g/mol. The highest BCUT2D eigenvalue weighted by Crippen LogP contribution is 2.31. The van der Waals surface area contributed by atoms with Crippen molar-refractivity contribution in [2.45, 2.75) is 57.9 Å². The summed E-state index contributed by atoms with van der Waals surface area (Å²) >= 11 is 0. The van der Waals surface area contributed by atoms with E-state index in [0.717, 1.165) is 25.9 Å². The molecule has 1 atom stereocenters. The predicted molar refractivity (Wildman–Crippen MR) is 95.7 cm³/mol. The topological polar surface area (TPSA) is 32.3 Å². The summed E-state index contributed by atoms with van der Waals surface area (Å²) in [6.45, 7) is 3.84. The molecule has 1 aliphatic carbocycles. The Morgan fingerprint density at radius 2 is 2.17 bits per heavy atom. The van der Waals surface area contributed by atoms with Crippen LogP contribution in [-0.4, -0.2) is 25.0 Å². The van der Waals surface area contributed by atoms with Gasteiger partial charge in [0.15, 0.2) is 0 Å². The van der Waals surface area contributed by atoms with Crippen molar-refractivity contribution < 1.29 is 4.79 Å². The van der Waals surface area contributed by atoms with Crippen LogP contribution in [0.15, 0.2) is 35.9 Å². The van der Waals surface area contributed by atoms with E-state index in [9.17, 15) is 4.79 Å². The van der Waals surface area contributed by atoms with Gasteiger partial charge in [-0.2, -0.15) is 0 Å². The van der Waals surface area contributed by atoms with Crippen molar-refractivity contribution in [3.05, 3.63) is 41.5 Å². The minimum absolute atomic E-state index is 0.179. The number of nitrogens with one attached hydrogen (secondary N) is 1. The van der Waals surface area contributed by atoms with Crippen molar-refractivity contribution in [3.63, 3.8) is 0 Å². The minimum atomic E-state index is 0.179. The molecule has 1 heterocycles. The van der Waals surface area contributed by atoms with Crippen molar-refractivity contribution in [2.24, 2.45) is 0 Å². The maximum absolute atomic E-state index is 12.1. The van der Waals surface area contributed by atoms with Crippen LogP contribution >= 0.6 is 0 Å². The van der Waals surface area contributed by atoms with Crippen LogP contribution in [0.3, 0.4) is 0 Å². The third kappa shape index (κ3) is 4.15. The lowest BCUT2D eigenvalue weighted by molar-refractivity contribution is -0.120. The van der Waals surface area contributed by atoms with Crippen molar-refractivity contribution in [3.8, 4) is 0 Å². The second-order valence-corrected chi connectivity index (χ2v) is 6.83. The lowest BCUT2D eigenvalue weighted by Gasteiger charge is -2.24. The molecule has 3 nitrogen and oxygen atoms in total. The molecule has 23 heavy (non-hydrogen) atoms. The first kappa shape index (κ1) is 16.1. The fraction of sp³-hybridized carbons (Fsp3) is 0.550. The fourth-order valence-corrected chi connectivity index (χ4v) is 3.77. The zero-order chi connectivity index (χ0) is 16.1. The van der Waals surface area contributed by atoms with Gasteiger partial charge in [0, 0.05) is 31.2 Å². The summed E-state index contributed by atoms with van der Waals surface area (Å²) in [6, 6.07) is 9.05. The maximum atomic E-state index is 12.1. The lowest BCUT2D eigenvalue weighted by Crippen LogP contribution is -2.34. The van der Waals surface area contributed by atoms with Crippen molar-refractivity contribution in [1.82, 2.24) is 5.32 Å². The summed E-state index contributed by atoms with van der Waals surface area (Å²) < 4.78 is 0. The molecule has 1 N–H and O–H groups in total. The van der Waals surface area contributed by atoms with Gasteiger partial charge in [-0.1, -0.05) is 29.8 Å². The first-order valence-corrected chi connectivity index (χ1v) is 9.03. The summed E-state index contributed by atoms with van der Waals surface area (Å²) in [5.74, 6) is 0.179. The summed E-state index contributed by atoms with van der Waals surface area (Å²) in [7, 11) is 0. The van der Waals surface area contributed by atoms with Crippen LogP contribution < -0.4 is 10.2 Å². The quantitative estimate of drug-likeness (QED) is 0.810. The molecule has 0 aromatic heterocycles. The minimum Gasteiger partial charge on any atom is -0.368 e. The van der Waals surface area contributed by atoms with Crippen LogP contribution in [0.5, 0.6) is 0 Å². The molecular formula is C20H28N2O. The predicted octanol–water partition coefficient (Wildman–Crippen LogP) is 3.83. The first-order valence-electron chi connectivity index (χ1n) is 9.03. The van der Waals surface area contributed by atoms with Gasteiger partial charge in [-0.15, -0.1) is 0 Å². The number of fused-ring (bicyclic) bond motifs is 1. The lowest BCUT2D eigenvalue weighted by atomic mass is 9.97. The van der Waals surface area contributed by atoms with E-state index in [4.69, 9.17) is 0 Å². The van der Waals surface area contributed by atoms with E-state index < -0.39 is 0 Å². The molecule has 0 radical (unpaired) electrons. The van der Waals surface area contributed by atoms with Crippen LogP contribution in [0.25, 0.3) is 0 Å². The number of nitrogens with zero attached hydrogens (tertiary/aromatic N) is 1. The molecule has 3 rings (SSSR count). The number of anilines is 1. The molecule has 1 aromatic carbocycles. The Bertz CT molecular complexity index is 579. The van der Waals surface area contributed by atoms with Crippen LogP contribution in [-0.2, 0) is 11.2 Å². The number of carbonyl (C=O) groups excluding carboxylic acids is 1. The van der Waals surface area contributed by atoms with Crippen molar-refractivity contribution in [1.29, 1.82) is 0 Å². The van der Waals surface area contributed by atoms with E-state index in [1.807, 2.05) is 0 Å². The SMILES string of the molecule is CC1Cc2ccccc2N1CCC(=O)NCCC1=CCCCC1. The molecule has 3 heteroatoms. The van der Waals surface area contributed by atoms with Gasteiger partial charge in [0.05, 0.1) is 0 Å². The Balaban J connectivity index is 1.41. The monoisotopic (exact) mass is 312 g/mol. The second-order valence-electron chi connectivity index (χ2n) is 6.83. The number of rotatable bonds is 6. The van der Waals surface area contributed by atoms with Crippen LogP contribution in [0, 0.1) is 0 Å². The summed E-state index contributed by atoms with van der Waals surface area (Å²) in [6.07, 6.45) is 10.1. The Morgan fingerprint density at radius 1 is 1.30 bits per heavy atom. The Kier molecular flexibility index (Phi) is 5.37. The third-order valence-corrected chi connectivity index (χ3v) is 5.08. The highest BCUT2D eigenvalue weighted by molar-refractivity contribution is 5.76. The van der Waals surface area contributed by atoms with E-state index in [0.29, 0.717) is 12.5 Å². The van der Waals surface area contributed by atoms with E-state index in [-0.39, 0.29) is 5.91 Å². The molecule has 124 valence electrons. The summed E-state index contributed by atoms with van der Waals surface area (Å²) in [4.78, 5) is 14.5. The van der Waals surface area contributed by atoms with E-state index in [2.05, 4.69) is 47.5 Å². The molecule has 1 aromatic rings. The normalized spacial score (nSPS) is 20.1. The number of para-hydroxylation sites is 1. The van der Waals surface area contributed by atoms with Gasteiger partial charge in [-0.3, -0.25) is 4.79 Å². The van der Waals surface area contributed by atoms with Gasteiger partial charge >= 0.3 is 0 Å². The number of hydrogen-bond acceptors (Lipinski definition) is 2. The highest BCUT2D eigenvalue weighted by atomic mass is 16.1. The maximum Gasteiger partial charge on any atom is 0.221 e. The molecule has 0 bridgehead atoms. The van der Waals surface area contributed by atoms with E-state index in [1.54, 1.807) is 0 Å². The molecular weight excluding hydrogens is 284 g/mol. The van der Waals surface area contributed by atoms with Gasteiger partial charge < -0.3 is 10.2 Å². The highest BCUT2D eigenvalue weighted by Gasteiger charge is 2.25. The van der Waals surface area contributed by atoms with E-state index >= 15 is 0 Å². The molecule has 0 saturated carbocycles. The summed E-state index contributed by atoms with van der Waals surface area (Å²) in [5.41, 5.74) is 4.24. The van der Waals surface area contributed by atoms with Gasteiger partial charge in [-0.25, -0.2) is 0 Å². The van der Waals surface area contributed by atoms with Crippen LogP contribution in [0.4, 0.5) is 5.69 Å². The second kappa shape index (κ2) is 7.67. The van der Waals surface area contributed by atoms with Gasteiger partial charge in [0.25, 0.3) is 0 Å². The molecule has 0 fully saturated rings. The first-order chi connectivity index (χ1) is 11.2. The van der Waals surface area contributed by atoms with Crippen molar-refractivity contribution >= 4 is 11.6 Å². The molecule has 1 aliphatic heterocycles. The zero-order valence-corrected chi connectivity index (χ0v) is 14.2. The Labute approximate surface area is 139 Å². The molecule has 1 unspecified atom stereocenters. The third-order valence-electron chi connectivity index (χ3n) is 5.08. The number of allylic oxidation sites excluding steroid dienone is 1. The van der Waals surface area contributed by atoms with Crippen molar-refractivity contribution in [2.75, 3.05) is 18.0 Å². The number of hydrogen-bond donors (Lipinski definition) is 1. The van der Waals surface area contributed by atoms with Gasteiger partial charge in [0.1, 0.15) is 0 Å². The fourth-order valence-electron chi connectivity index (χ4n) is 3.77. The molecule has 2 aliphatic rings. The number of benzene rings is 1. The largest absolute Gasteiger partial charge is 0.368 e. The average Bonchev–Trinajstić information content (AvgIpc) is 2.89. The smallest absolute Gasteiger partial charge is 0.221 e. The van der Waals surface area contributed by atoms with E-state index in [1.165, 1.54) is 42.5 Å². The van der Waals surface area contributed by atoms with Gasteiger partial charge in [0.2, 0.25) is 5.91 Å². The van der Waals surface area contributed by atoms with Gasteiger partial charge in [-0.05, 0) is 57.1 Å². The standard InChI is InChI=1S/C20H28N2O/c1-16-15-18-9-5-6-10-19(18)22(16)14-12-20(23)21-13-11-17-7-3-2-4-8-17/h5-7,9-10,16H,2-4,8,11-15H2,1H3,(H,21,23). The zero-order valence-electron chi connectivity index (χ0n) is 14.2.